The Morgan fingerprint density at radius 1 is 1.06 bits per heavy atom. The summed E-state index contributed by atoms with van der Waals surface area (Å²) in [6.45, 7) is 0. The minimum Gasteiger partial charge on any atom is -0.507 e. The van der Waals surface area contributed by atoms with Crippen molar-refractivity contribution in [3.63, 3.8) is 0 Å². The van der Waals surface area contributed by atoms with Crippen molar-refractivity contribution in [2.45, 2.75) is 6.04 Å². The average Bonchev–Trinajstić information content (AvgIpc) is 3.41. The molecule has 0 radical (unpaired) electrons. The van der Waals surface area contributed by atoms with Gasteiger partial charge in [-0.05, 0) is 54.1 Å². The summed E-state index contributed by atoms with van der Waals surface area (Å²) in [5, 5.41) is 11.7. The number of hydrogen-bond acceptors (Lipinski definition) is 7. The third kappa shape index (κ3) is 3.96. The number of fused-ring (bicyclic) bond motifs is 1. The van der Waals surface area contributed by atoms with E-state index in [-0.39, 0.29) is 21.3 Å². The molecule has 3 aromatic carbocycles. The molecule has 5 rings (SSSR count). The van der Waals surface area contributed by atoms with E-state index >= 15 is 0 Å². The van der Waals surface area contributed by atoms with E-state index in [1.54, 1.807) is 36.4 Å². The molecule has 1 N–H and O–H groups in total. The number of rotatable bonds is 5. The minimum atomic E-state index is -0.998. The van der Waals surface area contributed by atoms with Crippen LogP contribution in [0, 0.1) is 5.82 Å². The molecule has 182 valence electrons. The zero-order chi connectivity index (χ0) is 25.6. The minimum absolute atomic E-state index is 0.128. The van der Waals surface area contributed by atoms with Gasteiger partial charge < -0.3 is 14.6 Å². The number of amides is 1. The Kier molecular flexibility index (Phi) is 6.11. The highest BCUT2D eigenvalue weighted by Gasteiger charge is 2.48. The molecule has 0 spiro atoms. The SMILES string of the molecule is COc1ccc(C2/C(=C(\O)c3ccc(OC)c(Cl)c3)C(=O)C(=O)N2c2nc3ccc(F)cc3s2)cc1. The van der Waals surface area contributed by atoms with Gasteiger partial charge in [0.15, 0.2) is 5.13 Å². The van der Waals surface area contributed by atoms with Gasteiger partial charge in [-0.2, -0.15) is 0 Å². The second-order valence-electron chi connectivity index (χ2n) is 7.90. The van der Waals surface area contributed by atoms with Crippen molar-refractivity contribution in [3.8, 4) is 11.5 Å². The van der Waals surface area contributed by atoms with Crippen molar-refractivity contribution in [3.05, 3.63) is 88.2 Å². The fourth-order valence-corrected chi connectivity index (χ4v) is 5.36. The topological polar surface area (TPSA) is 89.0 Å². The van der Waals surface area contributed by atoms with Crippen molar-refractivity contribution < 1.29 is 28.6 Å². The molecule has 2 heterocycles. The lowest BCUT2D eigenvalue weighted by Gasteiger charge is -2.23. The summed E-state index contributed by atoms with van der Waals surface area (Å²) >= 11 is 7.31. The molecule has 36 heavy (non-hydrogen) atoms. The standard InChI is InChI=1S/C26H18ClFN2O5S/c1-34-16-7-3-13(4-8-16)22-21(23(31)14-5-10-19(35-2)17(27)11-14)24(32)25(33)30(22)26-29-18-9-6-15(28)12-20(18)36-26/h3-12,22,31H,1-2H3/b23-21+. The number of benzene rings is 3. The van der Waals surface area contributed by atoms with Crippen LogP contribution in [0.4, 0.5) is 9.52 Å². The van der Waals surface area contributed by atoms with Crippen LogP contribution in [0.1, 0.15) is 17.2 Å². The van der Waals surface area contributed by atoms with Gasteiger partial charge in [-0.1, -0.05) is 35.1 Å². The number of carbonyl (C=O) groups excluding carboxylic acids is 2. The van der Waals surface area contributed by atoms with Gasteiger partial charge in [0.05, 0.1) is 41.1 Å². The van der Waals surface area contributed by atoms with E-state index in [4.69, 9.17) is 21.1 Å². The number of hydrogen-bond donors (Lipinski definition) is 1. The van der Waals surface area contributed by atoms with Gasteiger partial charge in [0, 0.05) is 5.56 Å². The number of carbonyl (C=O) groups is 2. The Balaban J connectivity index is 1.71. The maximum Gasteiger partial charge on any atom is 0.301 e. The van der Waals surface area contributed by atoms with E-state index in [9.17, 15) is 19.1 Å². The summed E-state index contributed by atoms with van der Waals surface area (Å²) in [6.07, 6.45) is 0. The van der Waals surface area contributed by atoms with Crippen molar-refractivity contribution in [2.24, 2.45) is 0 Å². The fourth-order valence-electron chi connectivity index (χ4n) is 4.09. The zero-order valence-corrected chi connectivity index (χ0v) is 20.6. The normalized spacial score (nSPS) is 17.1. The van der Waals surface area contributed by atoms with Crippen LogP contribution in [0.5, 0.6) is 11.5 Å². The maximum absolute atomic E-state index is 13.8. The lowest BCUT2D eigenvalue weighted by atomic mass is 9.95. The van der Waals surface area contributed by atoms with Gasteiger partial charge in [0.25, 0.3) is 5.78 Å². The first-order valence-electron chi connectivity index (χ1n) is 10.7. The first-order valence-corrected chi connectivity index (χ1v) is 11.9. The number of aliphatic hydroxyl groups excluding tert-OH is 1. The van der Waals surface area contributed by atoms with E-state index < -0.39 is 29.3 Å². The summed E-state index contributed by atoms with van der Waals surface area (Å²) in [7, 11) is 2.98. The number of methoxy groups -OCH3 is 2. The Labute approximate surface area is 214 Å². The van der Waals surface area contributed by atoms with Crippen LogP contribution in [-0.2, 0) is 9.59 Å². The number of ketones is 1. The highest BCUT2D eigenvalue weighted by Crippen LogP contribution is 2.45. The molecule has 1 atom stereocenters. The van der Waals surface area contributed by atoms with Crippen molar-refractivity contribution in [1.29, 1.82) is 0 Å². The van der Waals surface area contributed by atoms with Crippen LogP contribution in [0.25, 0.3) is 16.0 Å². The molecular weight excluding hydrogens is 507 g/mol. The molecule has 1 aliphatic rings. The van der Waals surface area contributed by atoms with Gasteiger partial charge in [-0.15, -0.1) is 0 Å². The average molecular weight is 525 g/mol. The van der Waals surface area contributed by atoms with Crippen molar-refractivity contribution in [1.82, 2.24) is 4.98 Å². The van der Waals surface area contributed by atoms with Crippen molar-refractivity contribution >= 4 is 55.7 Å². The van der Waals surface area contributed by atoms with Crippen LogP contribution < -0.4 is 14.4 Å². The zero-order valence-electron chi connectivity index (χ0n) is 19.0. The third-order valence-corrected chi connectivity index (χ3v) is 7.16. The number of halogens is 2. The second kappa shape index (κ2) is 9.25. The molecule has 4 aromatic rings. The Bertz CT molecular complexity index is 1550. The summed E-state index contributed by atoms with van der Waals surface area (Å²) in [5.41, 5.74) is 1.14. The van der Waals surface area contributed by atoms with E-state index in [2.05, 4.69) is 4.98 Å². The molecule has 0 bridgehead atoms. The molecule has 1 aliphatic heterocycles. The second-order valence-corrected chi connectivity index (χ2v) is 9.32. The molecule has 1 saturated heterocycles. The number of ether oxygens (including phenoxy) is 2. The molecule has 0 aliphatic carbocycles. The number of aromatic nitrogens is 1. The monoisotopic (exact) mass is 524 g/mol. The van der Waals surface area contributed by atoms with E-state index in [1.807, 2.05) is 0 Å². The molecular formula is C26H18ClFN2O5S. The molecule has 1 aromatic heterocycles. The molecule has 1 unspecified atom stereocenters. The molecule has 1 amide bonds. The first-order chi connectivity index (χ1) is 17.3. The van der Waals surface area contributed by atoms with Crippen LogP contribution in [0.15, 0.2) is 66.2 Å². The number of aliphatic hydroxyl groups is 1. The Morgan fingerprint density at radius 2 is 1.81 bits per heavy atom. The first kappa shape index (κ1) is 23.8. The quantitative estimate of drug-likeness (QED) is 0.204. The number of anilines is 1. The largest absolute Gasteiger partial charge is 0.507 e. The molecule has 1 fully saturated rings. The van der Waals surface area contributed by atoms with Crippen LogP contribution in [0.3, 0.4) is 0 Å². The van der Waals surface area contributed by atoms with E-state index in [1.165, 1.54) is 43.4 Å². The Hall–Kier alpha value is -3.95. The predicted molar refractivity (Wildman–Crippen MR) is 135 cm³/mol. The van der Waals surface area contributed by atoms with Crippen LogP contribution in [0.2, 0.25) is 5.02 Å². The van der Waals surface area contributed by atoms with Crippen LogP contribution in [-0.4, -0.2) is 36.0 Å². The highest BCUT2D eigenvalue weighted by atomic mass is 35.5. The summed E-state index contributed by atoms with van der Waals surface area (Å²) < 4.78 is 24.7. The summed E-state index contributed by atoms with van der Waals surface area (Å²) in [5.74, 6) is -1.62. The van der Waals surface area contributed by atoms with Gasteiger partial charge >= 0.3 is 5.91 Å². The van der Waals surface area contributed by atoms with Crippen molar-refractivity contribution in [2.75, 3.05) is 19.1 Å². The van der Waals surface area contributed by atoms with Gasteiger partial charge in [0.2, 0.25) is 0 Å². The van der Waals surface area contributed by atoms with E-state index in [0.717, 1.165) is 11.3 Å². The number of thiazole rings is 1. The fraction of sp³-hybridized carbons (Fsp3) is 0.115. The summed E-state index contributed by atoms with van der Waals surface area (Å²) in [4.78, 5) is 32.3. The summed E-state index contributed by atoms with van der Waals surface area (Å²) in [6, 6.07) is 14.4. The number of nitrogens with zero attached hydrogens (tertiary/aromatic N) is 2. The van der Waals surface area contributed by atoms with Gasteiger partial charge in [-0.25, -0.2) is 9.37 Å². The Morgan fingerprint density at radius 3 is 2.47 bits per heavy atom. The van der Waals surface area contributed by atoms with Gasteiger partial charge in [-0.3, -0.25) is 14.5 Å². The number of Topliss-reactive ketones (excluding diaryl/α,β-unsaturated/α-hetero) is 1. The predicted octanol–water partition coefficient (Wildman–Crippen LogP) is 5.73. The highest BCUT2D eigenvalue weighted by molar-refractivity contribution is 7.22. The molecule has 10 heteroatoms. The van der Waals surface area contributed by atoms with Crippen LogP contribution >= 0.6 is 22.9 Å². The smallest absolute Gasteiger partial charge is 0.301 e. The molecule has 0 saturated carbocycles. The third-order valence-electron chi connectivity index (χ3n) is 5.85. The molecule has 7 nitrogen and oxygen atoms in total. The lowest BCUT2D eigenvalue weighted by molar-refractivity contribution is -0.132. The lowest BCUT2D eigenvalue weighted by Crippen LogP contribution is -2.29. The van der Waals surface area contributed by atoms with E-state index in [0.29, 0.717) is 27.3 Å². The maximum atomic E-state index is 13.8. The van der Waals surface area contributed by atoms with Gasteiger partial charge in [0.1, 0.15) is 23.1 Å².